The summed E-state index contributed by atoms with van der Waals surface area (Å²) in [5, 5.41) is 45.3. The first-order valence-corrected chi connectivity index (χ1v) is 49.9. The van der Waals surface area contributed by atoms with Crippen molar-refractivity contribution < 1.29 is 110 Å². The van der Waals surface area contributed by atoms with Gasteiger partial charge in [-0.05, 0) is 190 Å². The second-order valence-corrected chi connectivity index (χ2v) is 39.7. The molecule has 0 heterocycles. The van der Waals surface area contributed by atoms with Gasteiger partial charge in [0.25, 0.3) is 35.4 Å². The van der Waals surface area contributed by atoms with E-state index < -0.39 is 155 Å². The van der Waals surface area contributed by atoms with E-state index in [1.807, 2.05) is 48.5 Å². The van der Waals surface area contributed by atoms with Gasteiger partial charge >= 0.3 is 0 Å². The van der Waals surface area contributed by atoms with E-state index in [0.29, 0.717) is 102 Å². The van der Waals surface area contributed by atoms with Gasteiger partial charge in [-0.3, -0.25) is 43.2 Å². The third-order valence-corrected chi connectivity index (χ3v) is 25.1. The number of aliphatic hydroxyl groups excluding tert-OH is 3. The number of likely N-dealkylation sites (N-methyl/N-ethyl adjacent to an activating group) is 2. The van der Waals surface area contributed by atoms with Crippen LogP contribution in [0, 0.1) is 52.7 Å². The quantitative estimate of drug-likeness (QED) is 0.0126. The second-order valence-electron chi connectivity index (χ2n) is 34.4. The normalized spacial score (nSPS) is 13.1. The SMILES string of the molecule is CCCN(CC(O)C(Cc1cc(F)cc(F)c1)NC(=O)c1cc(C(N)=O)cc(C(=O)N(CCC)CCC)c1)NS(=O)(=O)CC(C)C.CCCN(CCC)C(=O)c1cc(C(N)=O)cc(C(=O)NC(Cc2cc(F)cc(F)c2)C(O)CN(C)NS(=O)(=O)CC(C)C)c1.CCCN(CCC)C(=O)c1cc(C(N)=O)cc(C(=O)NC(Cc2cc(F)cc(F)c2)C(O)CN(CC)NS(=O)(=O)CC(C)C)c1. The van der Waals surface area contributed by atoms with Crippen molar-refractivity contribution in [3.63, 3.8) is 0 Å². The van der Waals surface area contributed by atoms with Crippen LogP contribution in [-0.4, -0.2) is 256 Å². The van der Waals surface area contributed by atoms with Crippen LogP contribution >= 0.6 is 0 Å². The van der Waals surface area contributed by atoms with Crippen LogP contribution in [0.5, 0.6) is 0 Å². The summed E-state index contributed by atoms with van der Waals surface area (Å²) < 4.78 is 159. The number of benzene rings is 6. The number of halogens is 6. The lowest BCUT2D eigenvalue weighted by Gasteiger charge is -2.30. The molecule has 42 heteroatoms. The largest absolute Gasteiger partial charge is 0.390 e. The Kier molecular flexibility index (Phi) is 48.8. The minimum absolute atomic E-state index is 0.0666. The van der Waals surface area contributed by atoms with Gasteiger partial charge in [-0.2, -0.15) is 0 Å². The smallest absolute Gasteiger partial charge is 0.253 e. The summed E-state index contributed by atoms with van der Waals surface area (Å²) in [5.41, 5.74) is 16.5. The van der Waals surface area contributed by atoms with Crippen LogP contribution in [0.25, 0.3) is 0 Å². The molecule has 0 aliphatic rings. The molecule has 6 aromatic rings. The van der Waals surface area contributed by atoms with E-state index in [2.05, 4.69) is 30.4 Å². The summed E-state index contributed by atoms with van der Waals surface area (Å²) >= 11 is 0. The highest BCUT2D eigenvalue weighted by Crippen LogP contribution is 2.24. The molecule has 0 fully saturated rings. The van der Waals surface area contributed by atoms with Crippen molar-refractivity contribution in [2.24, 2.45) is 35.0 Å². The van der Waals surface area contributed by atoms with Gasteiger partial charge in [0.15, 0.2) is 0 Å². The van der Waals surface area contributed by atoms with Crippen LogP contribution in [0.3, 0.4) is 0 Å². The number of hydrogen-bond acceptors (Lipinski definition) is 21. The topological polar surface area (TPSA) is 486 Å². The van der Waals surface area contributed by atoms with Crippen molar-refractivity contribution in [1.29, 1.82) is 0 Å². The summed E-state index contributed by atoms with van der Waals surface area (Å²) in [7, 11) is -9.84. The van der Waals surface area contributed by atoms with Gasteiger partial charge in [0, 0.05) is 147 Å². The van der Waals surface area contributed by atoms with E-state index in [9.17, 15) is 110 Å². The average Bonchev–Trinajstić information content (AvgIpc) is 0.817. The predicted molar refractivity (Wildman–Crippen MR) is 503 cm³/mol. The van der Waals surface area contributed by atoms with E-state index in [4.69, 9.17) is 17.2 Å². The Morgan fingerprint density at radius 3 is 0.778 bits per heavy atom. The molecular formula is C93H135F6N15O18S3. The number of carbonyl (C=O) groups excluding carboxylic acids is 9. The number of nitrogens with zero attached hydrogens (tertiary/aromatic N) is 6. The molecule has 0 aliphatic carbocycles. The average molecular weight is 1960 g/mol. The summed E-state index contributed by atoms with van der Waals surface area (Å²) in [6, 6.07) is 16.3. The van der Waals surface area contributed by atoms with Crippen molar-refractivity contribution in [2.75, 3.05) is 96.3 Å². The fourth-order valence-electron chi connectivity index (χ4n) is 14.6. The molecule has 15 N–H and O–H groups in total. The third kappa shape index (κ3) is 41.2. The molecule has 750 valence electrons. The first-order chi connectivity index (χ1) is 63.2. The van der Waals surface area contributed by atoms with Gasteiger partial charge < -0.3 is 63.2 Å². The molecule has 33 nitrogen and oxygen atoms in total. The fraction of sp³-hybridized carbons (Fsp3) is 0.516. The van der Waals surface area contributed by atoms with Crippen molar-refractivity contribution >= 4 is 83.2 Å². The number of aliphatic hydroxyl groups is 3. The van der Waals surface area contributed by atoms with E-state index >= 15 is 0 Å². The highest BCUT2D eigenvalue weighted by atomic mass is 32.2. The molecule has 6 unspecified atom stereocenters. The number of sulfonamides is 3. The highest BCUT2D eigenvalue weighted by molar-refractivity contribution is 7.89. The molecule has 9 amide bonds. The zero-order valence-electron chi connectivity index (χ0n) is 79.4. The number of hydrazine groups is 3. The summed E-state index contributed by atoms with van der Waals surface area (Å²) in [6.45, 7) is 27.7. The maximum Gasteiger partial charge on any atom is 0.253 e. The van der Waals surface area contributed by atoms with Crippen LogP contribution < -0.4 is 47.6 Å². The van der Waals surface area contributed by atoms with Gasteiger partial charge in [-0.15, -0.1) is 14.5 Å². The zero-order chi connectivity index (χ0) is 102. The number of primary amides is 3. The van der Waals surface area contributed by atoms with E-state index in [-0.39, 0.29) is 154 Å². The monoisotopic (exact) mass is 1960 g/mol. The standard InChI is InChI=1S/C32H47F2N5O6S.C31H45F2N5O6S.C30H43F2N5O6S/c1-6-9-38(10-7-2)32(43)25-16-23(30(35)41)15-24(17-25)31(42)36-28(14-22-12-26(33)18-27(34)13-22)29(40)19-39(11-8-3)37-46(44,45)20-21(4)5;1-6-9-37(10-7-2)31(42)24-15-22(29(34)40)14-23(16-24)30(41)35-27(13-21-11-25(32)17-26(33)12-21)28(39)18-38(8-3)36-45(43,44)19-20(4)5;1-6-8-37(9-7-2)30(41)23-14-21(28(33)39)13-22(15-23)29(40)34-26(12-20-10-24(31)16-25(32)11-20)27(38)17-36(5)35-44(42,43)18-19(3)4/h12-13,15-18,21,28-29,37,40H,6-11,14,19-20H2,1-5H3,(H2,35,41)(H,36,42);11-12,14-17,20,27-28,36,39H,6-10,13,18-19H2,1-5H3,(H2,34,40)(H,35,41);10-11,13-16,19,26-27,35,38H,6-9,12,17-18H2,1-5H3,(H2,33,39)(H,34,40). The Hall–Kier alpha value is -10.4. The van der Waals surface area contributed by atoms with E-state index in [0.717, 1.165) is 41.4 Å². The van der Waals surface area contributed by atoms with Crippen LogP contribution in [0.2, 0.25) is 0 Å². The predicted octanol–water partition coefficient (Wildman–Crippen LogP) is 8.52. The molecule has 0 aromatic heterocycles. The minimum atomic E-state index is -3.75. The number of nitrogens with two attached hydrogens (primary N) is 3. The third-order valence-electron chi connectivity index (χ3n) is 20.1. The van der Waals surface area contributed by atoms with Gasteiger partial charge in [0.2, 0.25) is 47.8 Å². The lowest BCUT2D eigenvalue weighted by molar-refractivity contribution is 0.0618. The van der Waals surface area contributed by atoms with Crippen molar-refractivity contribution in [2.45, 2.75) is 198 Å². The molecule has 0 saturated heterocycles. The molecule has 0 radical (unpaired) electrons. The van der Waals surface area contributed by atoms with E-state index in [1.165, 1.54) is 71.7 Å². The number of carbonyl (C=O) groups is 9. The maximum atomic E-state index is 14.1. The van der Waals surface area contributed by atoms with Crippen molar-refractivity contribution in [3.05, 3.63) is 211 Å². The van der Waals surface area contributed by atoms with Gasteiger partial charge in [-0.1, -0.05) is 96.9 Å². The van der Waals surface area contributed by atoms with E-state index in [1.54, 1.807) is 63.2 Å². The number of amides is 9. The molecule has 0 spiro atoms. The molecule has 135 heavy (non-hydrogen) atoms. The zero-order valence-corrected chi connectivity index (χ0v) is 81.9. The lowest BCUT2D eigenvalue weighted by Crippen LogP contribution is -2.53. The molecule has 0 aliphatic heterocycles. The first-order valence-electron chi connectivity index (χ1n) is 45.0. The Labute approximate surface area is 788 Å². The van der Waals surface area contributed by atoms with Crippen LogP contribution in [0.1, 0.15) is 252 Å². The molecular weight excluding hydrogens is 1830 g/mol. The molecule has 0 bridgehead atoms. The molecule has 0 saturated carbocycles. The Bertz CT molecular complexity index is 5260. The van der Waals surface area contributed by atoms with Crippen molar-refractivity contribution in [3.8, 4) is 0 Å². The Morgan fingerprint density at radius 1 is 0.319 bits per heavy atom. The van der Waals surface area contributed by atoms with Gasteiger partial charge in [0.05, 0.1) is 53.7 Å². The fourth-order valence-corrected chi connectivity index (χ4v) is 19.2. The van der Waals surface area contributed by atoms with Crippen LogP contribution in [0.15, 0.2) is 109 Å². The molecule has 6 aromatic carbocycles. The molecule has 6 atom stereocenters. The number of hydrogen-bond donors (Lipinski definition) is 12. The summed E-state index contributed by atoms with van der Waals surface area (Å²) in [4.78, 5) is 129. The Morgan fingerprint density at radius 2 is 0.541 bits per heavy atom. The minimum Gasteiger partial charge on any atom is -0.390 e. The number of nitrogens with one attached hydrogen (secondary N) is 6. The Balaban J connectivity index is 0.000000423. The van der Waals surface area contributed by atoms with Gasteiger partial charge in [-0.25, -0.2) is 66.6 Å². The van der Waals surface area contributed by atoms with Crippen LogP contribution in [-0.2, 0) is 49.3 Å². The molecule has 6 rings (SSSR count). The summed E-state index contributed by atoms with van der Waals surface area (Å²) in [6.07, 6.45) is -0.356. The second kappa shape index (κ2) is 56.3. The summed E-state index contributed by atoms with van der Waals surface area (Å²) in [5.74, 6) is -12.3. The highest BCUT2D eigenvalue weighted by Gasteiger charge is 2.34. The van der Waals surface area contributed by atoms with Crippen LogP contribution in [0.4, 0.5) is 26.3 Å². The first kappa shape index (κ1) is 117. The van der Waals surface area contributed by atoms with Gasteiger partial charge in [0.1, 0.15) is 34.9 Å². The maximum absolute atomic E-state index is 14.1. The number of rotatable bonds is 54. The van der Waals surface area contributed by atoms with Crippen molar-refractivity contribution in [1.82, 2.24) is 60.2 Å². The lowest BCUT2D eigenvalue weighted by atomic mass is 9.99.